The summed E-state index contributed by atoms with van der Waals surface area (Å²) in [7, 11) is 0. The molecule has 12 heavy (non-hydrogen) atoms. The lowest BCUT2D eigenvalue weighted by atomic mass is 10.4. The Morgan fingerprint density at radius 3 is 2.75 bits per heavy atom. The fourth-order valence-corrected chi connectivity index (χ4v) is 1.19. The van der Waals surface area contributed by atoms with Gasteiger partial charge in [-0.3, -0.25) is 0 Å². The highest BCUT2D eigenvalue weighted by molar-refractivity contribution is 7.79. The maximum Gasteiger partial charge on any atom is 0.181 e. The van der Waals surface area contributed by atoms with Crippen molar-refractivity contribution in [3.05, 3.63) is 24.4 Å². The molecule has 0 unspecified atom stereocenters. The molecule has 2 aromatic heterocycles. The van der Waals surface area contributed by atoms with E-state index < -0.39 is 0 Å². The summed E-state index contributed by atoms with van der Waals surface area (Å²) >= 11 is 4.13. The van der Waals surface area contributed by atoms with Gasteiger partial charge in [-0.1, -0.05) is 0 Å². The van der Waals surface area contributed by atoms with Gasteiger partial charge in [0.25, 0.3) is 0 Å². The molecule has 2 rings (SSSR count). The van der Waals surface area contributed by atoms with Gasteiger partial charge in [-0.25, -0.2) is 19.9 Å². The zero-order valence-corrected chi connectivity index (χ0v) is 7.07. The molecule has 2 heterocycles. The fraction of sp³-hybridized carbons (Fsp3) is 0.143. The van der Waals surface area contributed by atoms with Gasteiger partial charge in [0.2, 0.25) is 0 Å². The van der Waals surface area contributed by atoms with E-state index in [9.17, 15) is 0 Å². The molecule has 0 aliphatic carbocycles. The van der Waals surface area contributed by atoms with Crippen molar-refractivity contribution in [2.75, 3.05) is 0 Å². The molecule has 0 bridgehead atoms. The van der Waals surface area contributed by atoms with E-state index in [-0.39, 0.29) is 0 Å². The maximum atomic E-state index is 4.13. The summed E-state index contributed by atoms with van der Waals surface area (Å²) in [5.41, 5.74) is 2.17. The van der Waals surface area contributed by atoms with Crippen LogP contribution in [0.4, 0.5) is 0 Å². The molecule has 0 radical (unpaired) electrons. The Balaban J connectivity index is 2.79. The van der Waals surface area contributed by atoms with Crippen molar-refractivity contribution in [2.45, 2.75) is 5.75 Å². The van der Waals surface area contributed by atoms with E-state index in [4.69, 9.17) is 0 Å². The molecule has 0 amide bonds. The van der Waals surface area contributed by atoms with Crippen LogP contribution in [-0.4, -0.2) is 19.9 Å². The molecule has 0 N–H and O–H groups in total. The summed E-state index contributed by atoms with van der Waals surface area (Å²) in [6.07, 6.45) is 4.71. The third-order valence-electron chi connectivity index (χ3n) is 1.50. The van der Waals surface area contributed by atoms with E-state index in [0.717, 1.165) is 11.2 Å². The number of hydrogen-bond acceptors (Lipinski definition) is 5. The van der Waals surface area contributed by atoms with Crippen molar-refractivity contribution in [3.8, 4) is 0 Å². The molecule has 0 saturated carbocycles. The van der Waals surface area contributed by atoms with Crippen LogP contribution in [0.5, 0.6) is 0 Å². The number of hydrogen-bond donors (Lipinski definition) is 1. The van der Waals surface area contributed by atoms with Crippen LogP contribution in [0.15, 0.2) is 18.7 Å². The van der Waals surface area contributed by atoms with Crippen LogP contribution in [0.3, 0.4) is 0 Å². The molecular weight excluding hydrogens is 172 g/mol. The third-order valence-corrected chi connectivity index (χ3v) is 1.80. The van der Waals surface area contributed by atoms with E-state index >= 15 is 0 Å². The predicted molar refractivity (Wildman–Crippen MR) is 47.8 cm³/mol. The Kier molecular flexibility index (Phi) is 1.87. The average Bonchev–Trinajstić information content (AvgIpc) is 2.17. The molecule has 0 atom stereocenters. The van der Waals surface area contributed by atoms with Crippen molar-refractivity contribution in [1.29, 1.82) is 0 Å². The Hall–Kier alpha value is -1.23. The van der Waals surface area contributed by atoms with E-state index in [1.807, 2.05) is 0 Å². The molecule has 0 aromatic carbocycles. The van der Waals surface area contributed by atoms with Crippen LogP contribution in [0.25, 0.3) is 11.2 Å². The lowest BCUT2D eigenvalue weighted by Crippen LogP contribution is -1.94. The van der Waals surface area contributed by atoms with E-state index in [0.29, 0.717) is 11.4 Å². The normalized spacial score (nSPS) is 10.4. The summed E-state index contributed by atoms with van der Waals surface area (Å²) in [6.45, 7) is 0. The largest absolute Gasteiger partial charge is 0.249 e. The van der Waals surface area contributed by atoms with E-state index in [1.165, 1.54) is 6.33 Å². The standard InChI is InChI=1S/C7H6N4S/c12-3-5-6-7(11-4-10-5)9-2-1-8-6/h1-2,4,12H,3H2. The lowest BCUT2D eigenvalue weighted by molar-refractivity contribution is 1.09. The van der Waals surface area contributed by atoms with Gasteiger partial charge < -0.3 is 0 Å². The minimum absolute atomic E-state index is 0.553. The Labute approximate surface area is 74.5 Å². The summed E-state index contributed by atoms with van der Waals surface area (Å²) in [4.78, 5) is 16.2. The first kappa shape index (κ1) is 7.42. The highest BCUT2D eigenvalue weighted by Crippen LogP contribution is 2.09. The molecule has 0 saturated heterocycles. The quantitative estimate of drug-likeness (QED) is 0.658. The first-order valence-electron chi connectivity index (χ1n) is 3.43. The second-order valence-electron chi connectivity index (χ2n) is 2.21. The van der Waals surface area contributed by atoms with Crippen LogP contribution >= 0.6 is 12.6 Å². The molecule has 0 aliphatic rings. The second kappa shape index (κ2) is 3.02. The second-order valence-corrected chi connectivity index (χ2v) is 2.52. The van der Waals surface area contributed by atoms with Gasteiger partial charge in [-0.2, -0.15) is 12.6 Å². The van der Waals surface area contributed by atoms with Crippen LogP contribution in [-0.2, 0) is 5.75 Å². The molecule has 60 valence electrons. The SMILES string of the molecule is SCc1ncnc2nccnc12. The Bertz CT molecular complexity index is 398. The molecule has 4 nitrogen and oxygen atoms in total. The molecule has 0 aliphatic heterocycles. The first-order chi connectivity index (χ1) is 5.92. The summed E-state index contributed by atoms with van der Waals surface area (Å²) < 4.78 is 0. The number of rotatable bonds is 1. The molecule has 0 fully saturated rings. The van der Waals surface area contributed by atoms with Gasteiger partial charge in [0.1, 0.15) is 11.8 Å². The zero-order valence-electron chi connectivity index (χ0n) is 6.18. The number of nitrogens with zero attached hydrogens (tertiary/aromatic N) is 4. The molecule has 0 spiro atoms. The minimum atomic E-state index is 0.553. The van der Waals surface area contributed by atoms with Crippen LogP contribution in [0.1, 0.15) is 5.69 Å². The van der Waals surface area contributed by atoms with Crippen LogP contribution in [0, 0.1) is 0 Å². The average molecular weight is 178 g/mol. The number of aromatic nitrogens is 4. The van der Waals surface area contributed by atoms with Crippen molar-refractivity contribution in [2.24, 2.45) is 0 Å². The highest BCUT2D eigenvalue weighted by atomic mass is 32.1. The van der Waals surface area contributed by atoms with Crippen molar-refractivity contribution >= 4 is 23.8 Å². The van der Waals surface area contributed by atoms with E-state index in [2.05, 4.69) is 32.6 Å². The summed E-state index contributed by atoms with van der Waals surface area (Å²) in [5, 5.41) is 0. The van der Waals surface area contributed by atoms with Crippen molar-refractivity contribution in [3.63, 3.8) is 0 Å². The van der Waals surface area contributed by atoms with Gasteiger partial charge in [0.15, 0.2) is 5.65 Å². The fourth-order valence-electron chi connectivity index (χ4n) is 0.959. The van der Waals surface area contributed by atoms with Crippen LogP contribution in [0.2, 0.25) is 0 Å². The highest BCUT2D eigenvalue weighted by Gasteiger charge is 2.01. The van der Waals surface area contributed by atoms with Gasteiger partial charge in [0.05, 0.1) is 5.69 Å². The predicted octanol–water partition coefficient (Wildman–Crippen LogP) is 0.850. The third kappa shape index (κ3) is 1.12. The summed E-state index contributed by atoms with van der Waals surface area (Å²) in [6, 6.07) is 0. The van der Waals surface area contributed by atoms with Gasteiger partial charge in [-0.15, -0.1) is 0 Å². The molecule has 5 heteroatoms. The van der Waals surface area contributed by atoms with Gasteiger partial charge in [-0.05, 0) is 0 Å². The zero-order chi connectivity index (χ0) is 8.39. The maximum absolute atomic E-state index is 4.13. The van der Waals surface area contributed by atoms with E-state index in [1.54, 1.807) is 12.4 Å². The Morgan fingerprint density at radius 2 is 1.92 bits per heavy atom. The monoisotopic (exact) mass is 178 g/mol. The first-order valence-corrected chi connectivity index (χ1v) is 4.06. The topological polar surface area (TPSA) is 51.6 Å². The number of fused-ring (bicyclic) bond motifs is 1. The van der Waals surface area contributed by atoms with Crippen LogP contribution < -0.4 is 0 Å². The smallest absolute Gasteiger partial charge is 0.181 e. The molecule has 2 aromatic rings. The van der Waals surface area contributed by atoms with Gasteiger partial charge in [0, 0.05) is 18.1 Å². The Morgan fingerprint density at radius 1 is 1.08 bits per heavy atom. The summed E-state index contributed by atoms with van der Waals surface area (Å²) in [5.74, 6) is 0.553. The number of thiol groups is 1. The minimum Gasteiger partial charge on any atom is -0.249 e. The lowest BCUT2D eigenvalue weighted by Gasteiger charge is -1.97. The molecular formula is C7H6N4S. The van der Waals surface area contributed by atoms with Gasteiger partial charge >= 0.3 is 0 Å². The van der Waals surface area contributed by atoms with Crippen molar-refractivity contribution < 1.29 is 0 Å². The van der Waals surface area contributed by atoms with Crippen molar-refractivity contribution in [1.82, 2.24) is 19.9 Å².